The quantitative estimate of drug-likeness (QED) is 0.320. The highest BCUT2D eigenvalue weighted by Gasteiger charge is 2.24. The van der Waals surface area contributed by atoms with E-state index in [0.717, 1.165) is 48.7 Å². The molecule has 2 aromatic carbocycles. The van der Waals surface area contributed by atoms with Gasteiger partial charge in [-0.1, -0.05) is 36.4 Å². The van der Waals surface area contributed by atoms with E-state index < -0.39 is 5.91 Å². The van der Waals surface area contributed by atoms with Crippen molar-refractivity contribution >= 4 is 17.5 Å². The Hall–Kier alpha value is -4.42. The number of nitriles is 1. The summed E-state index contributed by atoms with van der Waals surface area (Å²) in [5, 5.41) is 12.5. The van der Waals surface area contributed by atoms with Crippen LogP contribution in [-0.2, 0) is 4.79 Å². The number of carbonyl (C=O) groups is 1. The molecule has 9 nitrogen and oxygen atoms in total. The minimum atomic E-state index is -0.693. The number of nitrogens with zero attached hydrogens (tertiary/aromatic N) is 4. The molecule has 5 N–H and O–H groups in total. The minimum absolute atomic E-state index is 0.000150. The van der Waals surface area contributed by atoms with Crippen LogP contribution >= 0.6 is 0 Å². The zero-order valence-corrected chi connectivity index (χ0v) is 19.2. The van der Waals surface area contributed by atoms with Crippen molar-refractivity contribution in [3.8, 4) is 28.7 Å². The van der Waals surface area contributed by atoms with Crippen LogP contribution in [0, 0.1) is 11.3 Å². The van der Waals surface area contributed by atoms with Crippen molar-refractivity contribution in [1.82, 2.24) is 14.9 Å². The first-order valence-electron chi connectivity index (χ1n) is 11.4. The minimum Gasteiger partial charge on any atom is -0.457 e. The summed E-state index contributed by atoms with van der Waals surface area (Å²) in [5.41, 5.74) is 13.1. The molecule has 1 amide bonds. The van der Waals surface area contributed by atoms with Crippen molar-refractivity contribution in [2.24, 2.45) is 5.73 Å². The SMILES string of the molecule is N#C/C(=C\CCN1CC[C@@H](Nc2ncnc(N)c2-c2ccc(Oc3ccccc3)cc2)C1)C(N)=O. The van der Waals surface area contributed by atoms with E-state index in [-0.39, 0.29) is 11.6 Å². The lowest BCUT2D eigenvalue weighted by molar-refractivity contribution is -0.114. The summed E-state index contributed by atoms with van der Waals surface area (Å²) in [7, 11) is 0. The maximum Gasteiger partial charge on any atom is 0.259 e. The van der Waals surface area contributed by atoms with Crippen LogP contribution in [-0.4, -0.2) is 46.5 Å². The van der Waals surface area contributed by atoms with Crippen molar-refractivity contribution in [2.75, 3.05) is 30.7 Å². The number of amides is 1. The molecule has 1 aliphatic heterocycles. The molecule has 35 heavy (non-hydrogen) atoms. The van der Waals surface area contributed by atoms with Crippen molar-refractivity contribution in [3.63, 3.8) is 0 Å². The maximum absolute atomic E-state index is 11.2. The molecule has 1 fully saturated rings. The summed E-state index contributed by atoms with van der Waals surface area (Å²) in [5.74, 6) is 1.88. The Balaban J connectivity index is 1.41. The molecular weight excluding hydrogens is 442 g/mol. The topological polar surface area (TPSA) is 143 Å². The molecule has 1 aliphatic rings. The number of ether oxygens (including phenoxy) is 1. The highest BCUT2D eigenvalue weighted by molar-refractivity contribution is 5.95. The Labute approximate surface area is 204 Å². The fourth-order valence-electron chi connectivity index (χ4n) is 4.05. The van der Waals surface area contributed by atoms with Gasteiger partial charge in [0.15, 0.2) is 0 Å². The summed E-state index contributed by atoms with van der Waals surface area (Å²) >= 11 is 0. The lowest BCUT2D eigenvalue weighted by atomic mass is 10.1. The standard InChI is InChI=1S/C26H27N7O2/c27-15-19(25(29)34)5-4-13-33-14-12-20(16-33)32-26-23(24(28)30-17-31-26)18-8-10-22(11-9-18)35-21-6-2-1-3-7-21/h1-3,5-11,17,20H,4,12-14,16H2,(H2,29,34)(H3,28,30,31,32)/b19-5+/t20-/m1/s1. The summed E-state index contributed by atoms with van der Waals surface area (Å²) < 4.78 is 5.89. The number of rotatable bonds is 9. The number of benzene rings is 2. The Kier molecular flexibility index (Phi) is 7.55. The van der Waals surface area contributed by atoms with Crippen LogP contribution in [0.2, 0.25) is 0 Å². The molecule has 1 aromatic heterocycles. The van der Waals surface area contributed by atoms with E-state index in [4.69, 9.17) is 21.5 Å². The van der Waals surface area contributed by atoms with E-state index in [1.54, 1.807) is 6.08 Å². The van der Waals surface area contributed by atoms with Crippen molar-refractivity contribution in [3.05, 3.63) is 72.6 Å². The van der Waals surface area contributed by atoms with Gasteiger partial charge in [-0.2, -0.15) is 5.26 Å². The number of likely N-dealkylation sites (tertiary alicyclic amines) is 1. The third-order valence-corrected chi connectivity index (χ3v) is 5.79. The lowest BCUT2D eigenvalue weighted by Gasteiger charge is -2.19. The second-order valence-electron chi connectivity index (χ2n) is 8.24. The monoisotopic (exact) mass is 469 g/mol. The molecule has 1 saturated heterocycles. The zero-order valence-electron chi connectivity index (χ0n) is 19.2. The van der Waals surface area contributed by atoms with Crippen LogP contribution in [0.1, 0.15) is 12.8 Å². The van der Waals surface area contributed by atoms with E-state index in [1.165, 1.54) is 6.33 Å². The number of carbonyl (C=O) groups excluding carboxylic acids is 1. The molecule has 0 saturated carbocycles. The summed E-state index contributed by atoms with van der Waals surface area (Å²) in [4.78, 5) is 22.1. The Morgan fingerprint density at radius 1 is 1.17 bits per heavy atom. The number of nitrogens with two attached hydrogens (primary N) is 2. The molecule has 4 rings (SSSR count). The van der Waals surface area contributed by atoms with E-state index in [0.29, 0.717) is 18.1 Å². The fourth-order valence-corrected chi connectivity index (χ4v) is 4.05. The van der Waals surface area contributed by atoms with Gasteiger partial charge in [-0.05, 0) is 42.7 Å². The smallest absolute Gasteiger partial charge is 0.259 e. The Morgan fingerprint density at radius 2 is 1.91 bits per heavy atom. The molecule has 1 atom stereocenters. The van der Waals surface area contributed by atoms with Gasteiger partial charge in [0.2, 0.25) is 0 Å². The number of nitrogens with one attached hydrogen (secondary N) is 1. The number of primary amides is 1. The van der Waals surface area contributed by atoms with E-state index in [1.807, 2.05) is 60.7 Å². The zero-order chi connectivity index (χ0) is 24.6. The van der Waals surface area contributed by atoms with Crippen LogP contribution in [0.5, 0.6) is 11.5 Å². The average Bonchev–Trinajstić information content (AvgIpc) is 3.30. The van der Waals surface area contributed by atoms with Gasteiger partial charge < -0.3 is 26.4 Å². The molecule has 0 unspecified atom stereocenters. The molecule has 0 aliphatic carbocycles. The van der Waals surface area contributed by atoms with Crippen molar-refractivity contribution in [2.45, 2.75) is 18.9 Å². The van der Waals surface area contributed by atoms with Crippen LogP contribution in [0.4, 0.5) is 11.6 Å². The number of hydrogen-bond donors (Lipinski definition) is 3. The van der Waals surface area contributed by atoms with Gasteiger partial charge in [0.1, 0.15) is 41.1 Å². The normalized spacial score (nSPS) is 16.0. The number of aromatic nitrogens is 2. The van der Waals surface area contributed by atoms with Gasteiger partial charge in [-0.3, -0.25) is 4.79 Å². The van der Waals surface area contributed by atoms with E-state index in [2.05, 4.69) is 20.2 Å². The Morgan fingerprint density at radius 3 is 2.63 bits per heavy atom. The van der Waals surface area contributed by atoms with Crippen molar-refractivity contribution in [1.29, 1.82) is 5.26 Å². The molecule has 9 heteroatoms. The average molecular weight is 470 g/mol. The largest absolute Gasteiger partial charge is 0.457 e. The molecule has 2 heterocycles. The molecule has 3 aromatic rings. The number of hydrogen-bond acceptors (Lipinski definition) is 8. The number of nitrogen functional groups attached to an aromatic ring is 1. The first-order chi connectivity index (χ1) is 17.0. The van der Waals surface area contributed by atoms with Gasteiger partial charge in [0.25, 0.3) is 5.91 Å². The molecular formula is C26H27N7O2. The van der Waals surface area contributed by atoms with Crippen LogP contribution in [0.25, 0.3) is 11.1 Å². The fraction of sp³-hybridized carbons (Fsp3) is 0.231. The van der Waals surface area contributed by atoms with Crippen molar-refractivity contribution < 1.29 is 9.53 Å². The first kappa shape index (κ1) is 23.7. The van der Waals surface area contributed by atoms with Gasteiger partial charge in [0.05, 0.1) is 5.56 Å². The van der Waals surface area contributed by atoms with Gasteiger partial charge in [0, 0.05) is 25.7 Å². The third-order valence-electron chi connectivity index (χ3n) is 5.79. The molecule has 178 valence electrons. The van der Waals surface area contributed by atoms with Gasteiger partial charge in [-0.15, -0.1) is 0 Å². The van der Waals surface area contributed by atoms with Crippen LogP contribution in [0.15, 0.2) is 72.6 Å². The first-order valence-corrected chi connectivity index (χ1v) is 11.4. The predicted octanol–water partition coefficient (Wildman–Crippen LogP) is 3.33. The highest BCUT2D eigenvalue weighted by atomic mass is 16.5. The summed E-state index contributed by atoms with van der Waals surface area (Å²) in [6.45, 7) is 2.43. The van der Waals surface area contributed by atoms with E-state index >= 15 is 0 Å². The van der Waals surface area contributed by atoms with Crippen LogP contribution < -0.4 is 21.5 Å². The molecule has 0 bridgehead atoms. The third kappa shape index (κ3) is 6.13. The Bertz CT molecular complexity index is 1240. The van der Waals surface area contributed by atoms with E-state index in [9.17, 15) is 4.79 Å². The van der Waals surface area contributed by atoms with Crippen LogP contribution in [0.3, 0.4) is 0 Å². The van der Waals surface area contributed by atoms with Gasteiger partial charge >= 0.3 is 0 Å². The van der Waals surface area contributed by atoms with Gasteiger partial charge in [-0.25, -0.2) is 9.97 Å². The highest BCUT2D eigenvalue weighted by Crippen LogP contribution is 2.33. The molecule has 0 radical (unpaired) electrons. The maximum atomic E-state index is 11.2. The predicted molar refractivity (Wildman–Crippen MR) is 134 cm³/mol. The summed E-state index contributed by atoms with van der Waals surface area (Å²) in [6.07, 6.45) is 4.57. The molecule has 0 spiro atoms. The lowest BCUT2D eigenvalue weighted by Crippen LogP contribution is -2.27. The second kappa shape index (κ2) is 11.1. The number of para-hydroxylation sites is 1. The summed E-state index contributed by atoms with van der Waals surface area (Å²) in [6, 6.07) is 19.3. The number of anilines is 2. The second-order valence-corrected chi connectivity index (χ2v) is 8.24.